The molecule has 28 heavy (non-hydrogen) atoms. The fraction of sp³-hybridized carbons (Fsp3) is 0.182. The second-order valence-corrected chi connectivity index (χ2v) is 7.00. The van der Waals surface area contributed by atoms with Gasteiger partial charge in [-0.2, -0.15) is 0 Å². The van der Waals surface area contributed by atoms with Gasteiger partial charge in [0.25, 0.3) is 5.91 Å². The first-order chi connectivity index (χ1) is 13.5. The molecule has 1 atom stereocenters. The minimum atomic E-state index is -0.514. The van der Waals surface area contributed by atoms with Gasteiger partial charge in [0.2, 0.25) is 0 Å². The topological polar surface area (TPSA) is 96.2 Å². The average molecular weight is 374 g/mol. The summed E-state index contributed by atoms with van der Waals surface area (Å²) in [7, 11) is 0. The van der Waals surface area contributed by atoms with Crippen LogP contribution in [-0.4, -0.2) is 11.9 Å². The quantitative estimate of drug-likeness (QED) is 0.665. The summed E-state index contributed by atoms with van der Waals surface area (Å²) in [5, 5.41) is 7.96. The van der Waals surface area contributed by atoms with E-state index in [9.17, 15) is 9.59 Å². The third-order valence-corrected chi connectivity index (χ3v) is 5.22. The Morgan fingerprint density at radius 1 is 1.11 bits per heavy atom. The summed E-state index contributed by atoms with van der Waals surface area (Å²) >= 11 is 0. The van der Waals surface area contributed by atoms with Gasteiger partial charge < -0.3 is 21.7 Å². The van der Waals surface area contributed by atoms with Crippen LogP contribution in [0.25, 0.3) is 11.1 Å². The lowest BCUT2D eigenvalue weighted by molar-refractivity contribution is -0.118. The molecular weight excluding hydrogens is 352 g/mol. The van der Waals surface area contributed by atoms with Crippen LogP contribution in [0.4, 0.5) is 4.79 Å². The first kappa shape index (κ1) is 17.9. The number of amides is 3. The van der Waals surface area contributed by atoms with Gasteiger partial charge in [-0.1, -0.05) is 55.1 Å². The molecule has 4 rings (SSSR count). The van der Waals surface area contributed by atoms with Crippen LogP contribution in [0.3, 0.4) is 0 Å². The molecule has 0 aromatic heterocycles. The van der Waals surface area contributed by atoms with Crippen LogP contribution in [0, 0.1) is 0 Å². The Labute approximate surface area is 163 Å². The summed E-state index contributed by atoms with van der Waals surface area (Å²) in [6.45, 7) is 3.67. The third kappa shape index (κ3) is 3.24. The van der Waals surface area contributed by atoms with Gasteiger partial charge >= 0.3 is 6.03 Å². The lowest BCUT2D eigenvalue weighted by atomic mass is 9.83. The van der Waals surface area contributed by atoms with Crippen LogP contribution in [-0.2, 0) is 11.2 Å². The Morgan fingerprint density at radius 2 is 1.89 bits per heavy atom. The number of nitrogens with two attached hydrogens (primary N) is 1. The smallest absolute Gasteiger partial charge is 0.323 e. The molecule has 1 heterocycles. The maximum absolute atomic E-state index is 12.8. The highest BCUT2D eigenvalue weighted by atomic mass is 16.2. The highest BCUT2D eigenvalue weighted by Gasteiger charge is 2.28. The van der Waals surface area contributed by atoms with Crippen molar-refractivity contribution >= 4 is 11.9 Å². The molecule has 0 fully saturated rings. The molecule has 6 nitrogen and oxygen atoms in total. The second kappa shape index (κ2) is 7.23. The molecule has 2 aliphatic rings. The molecule has 0 spiro atoms. The maximum atomic E-state index is 12.8. The molecule has 1 aliphatic heterocycles. The number of carbonyl (C=O) groups excluding carboxylic acids is 2. The van der Waals surface area contributed by atoms with Gasteiger partial charge in [0, 0.05) is 0 Å². The molecule has 2 aromatic carbocycles. The van der Waals surface area contributed by atoms with Gasteiger partial charge in [-0.3, -0.25) is 4.79 Å². The zero-order valence-electron chi connectivity index (χ0n) is 15.4. The minimum Gasteiger partial charge on any atom is -0.395 e. The van der Waals surface area contributed by atoms with Crippen LogP contribution in [0.5, 0.6) is 0 Å². The normalized spacial score (nSPS) is 18.8. The zero-order chi connectivity index (χ0) is 19.7. The van der Waals surface area contributed by atoms with Gasteiger partial charge in [-0.25, -0.2) is 4.79 Å². The van der Waals surface area contributed by atoms with Crippen molar-refractivity contribution in [2.75, 3.05) is 0 Å². The Kier molecular flexibility index (Phi) is 4.61. The molecule has 1 aliphatic carbocycles. The van der Waals surface area contributed by atoms with E-state index < -0.39 is 11.9 Å². The van der Waals surface area contributed by atoms with Gasteiger partial charge in [0.05, 0.1) is 17.4 Å². The molecule has 3 amide bonds. The van der Waals surface area contributed by atoms with E-state index in [0.29, 0.717) is 0 Å². The molecule has 0 saturated heterocycles. The molecule has 142 valence electrons. The number of benzene rings is 2. The number of rotatable bonds is 3. The lowest BCUT2D eigenvalue weighted by Gasteiger charge is -2.29. The van der Waals surface area contributed by atoms with Crippen molar-refractivity contribution in [3.8, 4) is 11.1 Å². The summed E-state index contributed by atoms with van der Waals surface area (Å²) in [6, 6.07) is 15.8. The van der Waals surface area contributed by atoms with E-state index in [2.05, 4.69) is 46.8 Å². The maximum Gasteiger partial charge on any atom is 0.323 e. The van der Waals surface area contributed by atoms with Crippen molar-refractivity contribution in [1.82, 2.24) is 16.0 Å². The van der Waals surface area contributed by atoms with Crippen LogP contribution in [0.2, 0.25) is 0 Å². The Bertz CT molecular complexity index is 995. The predicted octanol–water partition coefficient (Wildman–Crippen LogP) is 2.84. The second-order valence-electron chi connectivity index (χ2n) is 7.00. The molecule has 0 bridgehead atoms. The highest BCUT2D eigenvalue weighted by Crippen LogP contribution is 2.36. The predicted molar refractivity (Wildman–Crippen MR) is 108 cm³/mol. The summed E-state index contributed by atoms with van der Waals surface area (Å²) in [5.41, 5.74) is 11.1. The molecule has 6 heteroatoms. The molecule has 0 unspecified atom stereocenters. The van der Waals surface area contributed by atoms with Crippen molar-refractivity contribution < 1.29 is 9.59 Å². The number of nitrogens with one attached hydrogen (secondary N) is 3. The fourth-order valence-corrected chi connectivity index (χ4v) is 3.86. The lowest BCUT2D eigenvalue weighted by Crippen LogP contribution is -2.47. The van der Waals surface area contributed by atoms with E-state index in [4.69, 9.17) is 5.73 Å². The van der Waals surface area contributed by atoms with Crippen molar-refractivity contribution in [2.24, 2.45) is 5.73 Å². The van der Waals surface area contributed by atoms with Gasteiger partial charge in [0.15, 0.2) is 0 Å². The summed E-state index contributed by atoms with van der Waals surface area (Å²) in [5.74, 6) is -0.406. The van der Waals surface area contributed by atoms with E-state index in [1.807, 2.05) is 24.3 Å². The fourth-order valence-electron chi connectivity index (χ4n) is 3.86. The molecular formula is C22H22N4O2. The van der Waals surface area contributed by atoms with Crippen molar-refractivity contribution in [3.63, 3.8) is 0 Å². The third-order valence-electron chi connectivity index (χ3n) is 5.22. The number of carbonyl (C=O) groups is 2. The molecule has 5 N–H and O–H groups in total. The largest absolute Gasteiger partial charge is 0.395 e. The van der Waals surface area contributed by atoms with E-state index in [1.54, 1.807) is 0 Å². The van der Waals surface area contributed by atoms with E-state index in [-0.39, 0.29) is 23.1 Å². The number of hydrogen-bond acceptors (Lipinski definition) is 3. The summed E-state index contributed by atoms with van der Waals surface area (Å²) in [6.07, 6.45) is 2.77. The summed E-state index contributed by atoms with van der Waals surface area (Å²) in [4.78, 5) is 24.5. The van der Waals surface area contributed by atoms with E-state index in [0.717, 1.165) is 24.8 Å². The van der Waals surface area contributed by atoms with Crippen molar-refractivity contribution in [1.29, 1.82) is 0 Å². The monoisotopic (exact) mass is 374 g/mol. The van der Waals surface area contributed by atoms with Crippen molar-refractivity contribution in [2.45, 2.75) is 25.3 Å². The number of urea groups is 1. The Hall–Kier alpha value is -3.54. The Balaban J connectivity index is 1.64. The van der Waals surface area contributed by atoms with Gasteiger partial charge in [-0.15, -0.1) is 0 Å². The first-order valence-electron chi connectivity index (χ1n) is 9.29. The minimum absolute atomic E-state index is 0.0417. The van der Waals surface area contributed by atoms with Gasteiger partial charge in [-0.05, 0) is 41.5 Å². The van der Waals surface area contributed by atoms with Crippen molar-refractivity contribution in [3.05, 3.63) is 83.3 Å². The van der Waals surface area contributed by atoms with Gasteiger partial charge in [0.1, 0.15) is 5.70 Å². The SMILES string of the molecule is C=C1NC(=O)NC(C(=O)N[C@@H]2CCCc3c(-c4ccccc4)cccc32)=C1N. The highest BCUT2D eigenvalue weighted by molar-refractivity contribution is 6.00. The Morgan fingerprint density at radius 3 is 2.68 bits per heavy atom. The van der Waals surface area contributed by atoms with Crippen LogP contribution in [0.1, 0.15) is 30.0 Å². The van der Waals surface area contributed by atoms with Crippen LogP contribution >= 0.6 is 0 Å². The van der Waals surface area contributed by atoms with Crippen LogP contribution in [0.15, 0.2) is 72.2 Å². The zero-order valence-corrected chi connectivity index (χ0v) is 15.4. The number of fused-ring (bicyclic) bond motifs is 1. The van der Waals surface area contributed by atoms with E-state index >= 15 is 0 Å². The number of hydrogen-bond donors (Lipinski definition) is 4. The van der Waals surface area contributed by atoms with E-state index in [1.165, 1.54) is 16.7 Å². The molecule has 2 aromatic rings. The average Bonchev–Trinajstić information content (AvgIpc) is 2.71. The molecule has 0 saturated carbocycles. The standard InChI is InChI=1S/C22H22N4O2/c1-13-19(23)20(26-22(28)24-13)21(27)25-18-12-6-10-16-15(9-5-11-17(16)18)14-7-3-2-4-8-14/h2-5,7-9,11,18H,1,6,10,12,23H2,(H,25,27)(H2,24,26,28)/t18-/m1/s1. The first-order valence-corrected chi connectivity index (χ1v) is 9.29. The molecule has 0 radical (unpaired) electrons. The summed E-state index contributed by atoms with van der Waals surface area (Å²) < 4.78 is 0. The van der Waals surface area contributed by atoms with Crippen LogP contribution < -0.4 is 21.7 Å².